The molecule has 0 saturated heterocycles. The summed E-state index contributed by atoms with van der Waals surface area (Å²) in [6, 6.07) is 20.1. The highest BCUT2D eigenvalue weighted by atomic mass is 16.6. The lowest BCUT2D eigenvalue weighted by Gasteiger charge is -2.39. The summed E-state index contributed by atoms with van der Waals surface area (Å²) in [4.78, 5) is 43.6. The first-order valence-electron chi connectivity index (χ1n) is 15.4. The molecule has 0 heterocycles. The highest BCUT2D eigenvalue weighted by Crippen LogP contribution is 2.30. The second-order valence-electron chi connectivity index (χ2n) is 12.7. The van der Waals surface area contributed by atoms with Crippen LogP contribution in [-0.2, 0) is 20.7 Å². The van der Waals surface area contributed by atoms with Gasteiger partial charge >= 0.3 is 6.09 Å². The van der Waals surface area contributed by atoms with Gasteiger partial charge in [-0.15, -0.1) is 0 Å². The van der Waals surface area contributed by atoms with Gasteiger partial charge in [0.25, 0.3) is 5.91 Å². The molecule has 242 valence electrons. The van der Waals surface area contributed by atoms with Crippen molar-refractivity contribution >= 4 is 23.6 Å². The molecule has 0 aromatic heterocycles. The third kappa shape index (κ3) is 10.8. The summed E-state index contributed by atoms with van der Waals surface area (Å²) in [7, 11) is 1.56. The quantitative estimate of drug-likeness (QED) is 0.193. The molecule has 0 spiro atoms. The summed E-state index contributed by atoms with van der Waals surface area (Å²) < 4.78 is 10.8. The van der Waals surface area contributed by atoms with Crippen LogP contribution in [0.25, 0.3) is 0 Å². The van der Waals surface area contributed by atoms with Gasteiger partial charge in [0.2, 0.25) is 5.91 Å². The van der Waals surface area contributed by atoms with E-state index in [0.717, 1.165) is 12.0 Å². The van der Waals surface area contributed by atoms with Gasteiger partial charge in [0, 0.05) is 18.2 Å². The maximum Gasteiger partial charge on any atom is 0.408 e. The van der Waals surface area contributed by atoms with Crippen LogP contribution in [0, 0.1) is 5.92 Å². The number of phenolic OH excluding ortho intramolecular Hbond substituents is 1. The van der Waals surface area contributed by atoms with Crippen LogP contribution >= 0.6 is 0 Å². The summed E-state index contributed by atoms with van der Waals surface area (Å²) in [5, 5.41) is 15.8. The smallest absolute Gasteiger partial charge is 0.408 e. The SMILES string of the molecule is COc1ccc(NC(=O)C(c2ccc(O)cc2)N(C(=O)C(Cc2ccccc2)NC(=O)OC(C)(C)C)C(C)CCC(C)C)cc1. The number of nitrogens with zero attached hydrogens (tertiary/aromatic N) is 1. The van der Waals surface area contributed by atoms with Gasteiger partial charge in [-0.25, -0.2) is 4.79 Å². The van der Waals surface area contributed by atoms with Crippen LogP contribution < -0.4 is 15.4 Å². The molecule has 0 aliphatic heterocycles. The number of carbonyl (C=O) groups excluding carboxylic acids is 3. The normalized spacial score (nSPS) is 13.3. The third-order valence-corrected chi connectivity index (χ3v) is 7.26. The van der Waals surface area contributed by atoms with Crippen LogP contribution in [0.15, 0.2) is 78.9 Å². The second kappa shape index (κ2) is 16.0. The van der Waals surface area contributed by atoms with Gasteiger partial charge in [0.1, 0.15) is 29.2 Å². The minimum atomic E-state index is -1.08. The van der Waals surface area contributed by atoms with E-state index in [1.54, 1.807) is 69.2 Å². The lowest BCUT2D eigenvalue weighted by Crippen LogP contribution is -2.55. The Morgan fingerprint density at radius 2 is 1.49 bits per heavy atom. The molecule has 3 aromatic rings. The average molecular weight is 618 g/mol. The van der Waals surface area contributed by atoms with Crippen LogP contribution in [0.3, 0.4) is 0 Å². The van der Waals surface area contributed by atoms with E-state index < -0.39 is 35.6 Å². The average Bonchev–Trinajstić information content (AvgIpc) is 2.98. The molecule has 3 atom stereocenters. The summed E-state index contributed by atoms with van der Waals surface area (Å²) in [6.45, 7) is 11.4. The Labute approximate surface area is 266 Å². The van der Waals surface area contributed by atoms with Gasteiger partial charge in [-0.05, 0) is 94.0 Å². The number of alkyl carbamates (subject to hydrolysis) is 1. The van der Waals surface area contributed by atoms with Gasteiger partial charge in [-0.3, -0.25) is 9.59 Å². The fraction of sp³-hybridized carbons (Fsp3) is 0.417. The molecular formula is C36H47N3O6. The molecule has 45 heavy (non-hydrogen) atoms. The summed E-state index contributed by atoms with van der Waals surface area (Å²) >= 11 is 0. The van der Waals surface area contributed by atoms with Crippen LogP contribution in [0.1, 0.15) is 71.6 Å². The maximum absolute atomic E-state index is 14.8. The summed E-state index contributed by atoms with van der Waals surface area (Å²) in [5.41, 5.74) is 1.10. The number of hydrogen-bond donors (Lipinski definition) is 3. The molecule has 9 nitrogen and oxygen atoms in total. The van der Waals surface area contributed by atoms with E-state index in [9.17, 15) is 19.5 Å². The number of benzene rings is 3. The summed E-state index contributed by atoms with van der Waals surface area (Å²) in [5.74, 6) is 0.173. The lowest BCUT2D eigenvalue weighted by molar-refractivity contribution is -0.143. The topological polar surface area (TPSA) is 117 Å². The van der Waals surface area contributed by atoms with Crippen LogP contribution in [0.2, 0.25) is 0 Å². The summed E-state index contributed by atoms with van der Waals surface area (Å²) in [6.07, 6.45) is 0.902. The van der Waals surface area contributed by atoms with E-state index in [1.807, 2.05) is 37.3 Å². The molecule has 0 saturated carbocycles. The van der Waals surface area contributed by atoms with Crippen molar-refractivity contribution in [3.05, 3.63) is 90.0 Å². The predicted octanol–water partition coefficient (Wildman–Crippen LogP) is 6.87. The molecule has 0 bridgehead atoms. The standard InChI is InChI=1S/C36H47N3O6/c1-24(2)13-14-25(3)39(34(42)31(23-26-11-9-8-10-12-26)38-35(43)45-36(4,5)6)32(27-15-19-29(40)20-16-27)33(41)37-28-17-21-30(44-7)22-18-28/h8-12,15-22,24-25,31-32,40H,13-14,23H2,1-7H3,(H,37,41)(H,38,43). The molecule has 3 rings (SSSR count). The molecule has 0 aliphatic carbocycles. The van der Waals surface area contributed by atoms with Gasteiger partial charge in [-0.2, -0.15) is 0 Å². The van der Waals surface area contributed by atoms with Crippen molar-refractivity contribution in [3.63, 3.8) is 0 Å². The van der Waals surface area contributed by atoms with Crippen molar-refractivity contribution in [1.29, 1.82) is 0 Å². The van der Waals surface area contributed by atoms with Gasteiger partial charge in [0.15, 0.2) is 0 Å². The molecule has 3 amide bonds. The molecule has 0 radical (unpaired) electrons. The number of phenols is 1. The highest BCUT2D eigenvalue weighted by Gasteiger charge is 2.39. The van der Waals surface area contributed by atoms with Gasteiger partial charge < -0.3 is 30.1 Å². The minimum absolute atomic E-state index is 0.0346. The number of rotatable bonds is 13. The molecule has 3 aromatic carbocycles. The Kier molecular flexibility index (Phi) is 12.4. The van der Waals surface area contributed by atoms with E-state index in [1.165, 1.54) is 12.1 Å². The molecule has 3 unspecified atom stereocenters. The monoisotopic (exact) mass is 617 g/mol. The maximum atomic E-state index is 14.8. The molecule has 0 fully saturated rings. The van der Waals surface area contributed by atoms with Crippen molar-refractivity contribution in [2.75, 3.05) is 12.4 Å². The molecule has 9 heteroatoms. The number of carbonyl (C=O) groups is 3. The van der Waals surface area contributed by atoms with E-state index in [4.69, 9.17) is 9.47 Å². The first kappa shape index (κ1) is 35.0. The van der Waals surface area contributed by atoms with Crippen molar-refractivity contribution < 1.29 is 29.0 Å². The number of hydrogen-bond acceptors (Lipinski definition) is 6. The predicted molar refractivity (Wildman–Crippen MR) is 176 cm³/mol. The Bertz CT molecular complexity index is 1390. The largest absolute Gasteiger partial charge is 0.508 e. The van der Waals surface area contributed by atoms with Crippen LogP contribution in [0.4, 0.5) is 10.5 Å². The fourth-order valence-corrected chi connectivity index (χ4v) is 4.97. The number of methoxy groups -OCH3 is 1. The van der Waals surface area contributed by atoms with Gasteiger partial charge in [-0.1, -0.05) is 56.3 Å². The van der Waals surface area contributed by atoms with E-state index in [-0.39, 0.29) is 18.2 Å². The van der Waals surface area contributed by atoms with Gasteiger partial charge in [0.05, 0.1) is 7.11 Å². The fourth-order valence-electron chi connectivity index (χ4n) is 4.97. The Morgan fingerprint density at radius 3 is 2.04 bits per heavy atom. The number of aromatic hydroxyl groups is 1. The van der Waals surface area contributed by atoms with Crippen molar-refractivity contribution in [2.45, 2.75) is 84.5 Å². The van der Waals surface area contributed by atoms with Crippen LogP contribution in [-0.4, -0.2) is 52.7 Å². The van der Waals surface area contributed by atoms with Crippen molar-refractivity contribution in [2.24, 2.45) is 5.92 Å². The van der Waals surface area contributed by atoms with Crippen LogP contribution in [0.5, 0.6) is 11.5 Å². The first-order chi connectivity index (χ1) is 21.3. The zero-order valence-corrected chi connectivity index (χ0v) is 27.4. The second-order valence-corrected chi connectivity index (χ2v) is 12.7. The zero-order chi connectivity index (χ0) is 33.1. The lowest BCUT2D eigenvalue weighted by atomic mass is 9.95. The number of ether oxygens (including phenoxy) is 2. The Morgan fingerprint density at radius 1 is 0.867 bits per heavy atom. The molecular weight excluding hydrogens is 570 g/mol. The Balaban J connectivity index is 2.11. The number of amides is 3. The van der Waals surface area contributed by atoms with E-state index in [0.29, 0.717) is 29.3 Å². The molecule has 0 aliphatic rings. The third-order valence-electron chi connectivity index (χ3n) is 7.26. The first-order valence-corrected chi connectivity index (χ1v) is 15.4. The number of anilines is 1. The number of nitrogens with one attached hydrogen (secondary N) is 2. The van der Waals surface area contributed by atoms with E-state index in [2.05, 4.69) is 24.5 Å². The van der Waals surface area contributed by atoms with Crippen molar-refractivity contribution in [1.82, 2.24) is 10.2 Å². The minimum Gasteiger partial charge on any atom is -0.508 e. The zero-order valence-electron chi connectivity index (χ0n) is 27.4. The van der Waals surface area contributed by atoms with E-state index >= 15 is 0 Å². The van der Waals surface area contributed by atoms with Crippen molar-refractivity contribution in [3.8, 4) is 11.5 Å². The Hall–Kier alpha value is -4.53. The molecule has 3 N–H and O–H groups in total. The highest BCUT2D eigenvalue weighted by molar-refractivity contribution is 5.99.